The highest BCUT2D eigenvalue weighted by molar-refractivity contribution is 6.05. The molecule has 1 aromatic carbocycles. The Bertz CT molecular complexity index is 1110. The second-order valence-corrected chi connectivity index (χ2v) is 9.84. The predicted molar refractivity (Wildman–Crippen MR) is 122 cm³/mol. The number of rotatable bonds is 5. The van der Waals surface area contributed by atoms with Crippen molar-refractivity contribution in [3.05, 3.63) is 48.0 Å². The molecule has 3 amide bonds. The van der Waals surface area contributed by atoms with Gasteiger partial charge in [0.25, 0.3) is 5.91 Å². The van der Waals surface area contributed by atoms with Gasteiger partial charge in [0.15, 0.2) is 0 Å². The number of amides is 3. The van der Waals surface area contributed by atoms with Crippen molar-refractivity contribution < 1.29 is 19.1 Å². The first-order chi connectivity index (χ1) is 16.6. The van der Waals surface area contributed by atoms with Gasteiger partial charge in [0, 0.05) is 50.1 Å². The minimum Gasteiger partial charge on any atom is -0.489 e. The van der Waals surface area contributed by atoms with Gasteiger partial charge in [0.05, 0.1) is 12.4 Å². The Hall–Kier alpha value is -3.20. The van der Waals surface area contributed by atoms with Gasteiger partial charge in [-0.15, -0.1) is 0 Å². The first-order valence-corrected chi connectivity index (χ1v) is 12.2. The Kier molecular flexibility index (Phi) is 5.36. The highest BCUT2D eigenvalue weighted by Crippen LogP contribution is 2.35. The number of imide groups is 1. The Morgan fingerprint density at radius 1 is 1.06 bits per heavy atom. The van der Waals surface area contributed by atoms with Gasteiger partial charge in [-0.1, -0.05) is 6.42 Å². The second kappa shape index (κ2) is 8.54. The number of likely N-dealkylation sites (tertiary alicyclic amines) is 1. The molecule has 4 heterocycles. The predicted octanol–water partition coefficient (Wildman–Crippen LogP) is 1.89. The van der Waals surface area contributed by atoms with Crippen LogP contribution >= 0.6 is 0 Å². The van der Waals surface area contributed by atoms with E-state index >= 15 is 0 Å². The van der Waals surface area contributed by atoms with E-state index in [4.69, 9.17) is 4.74 Å². The number of fused-ring (bicyclic) bond motifs is 1. The molecule has 6 rings (SSSR count). The normalized spacial score (nSPS) is 27.9. The summed E-state index contributed by atoms with van der Waals surface area (Å²) in [5.74, 6) is -0.0397. The molecule has 9 heteroatoms. The van der Waals surface area contributed by atoms with Crippen molar-refractivity contribution in [3.63, 3.8) is 0 Å². The van der Waals surface area contributed by atoms with Crippen molar-refractivity contribution in [2.24, 2.45) is 0 Å². The Balaban J connectivity index is 1.13. The number of benzene rings is 1. The van der Waals surface area contributed by atoms with Gasteiger partial charge >= 0.3 is 0 Å². The number of nitrogens with zero attached hydrogens (tertiary/aromatic N) is 4. The van der Waals surface area contributed by atoms with Gasteiger partial charge in [0.1, 0.15) is 17.9 Å². The van der Waals surface area contributed by atoms with Gasteiger partial charge in [0.2, 0.25) is 11.8 Å². The fraction of sp³-hybridized carbons (Fsp3) is 0.520. The zero-order chi connectivity index (χ0) is 23.2. The molecule has 34 heavy (non-hydrogen) atoms. The first kappa shape index (κ1) is 21.3. The smallest absolute Gasteiger partial charge is 0.255 e. The maximum atomic E-state index is 12.9. The van der Waals surface area contributed by atoms with Crippen molar-refractivity contribution in [2.75, 3.05) is 13.1 Å². The Labute approximate surface area is 198 Å². The monoisotopic (exact) mass is 463 g/mol. The number of piperidine rings is 1. The zero-order valence-corrected chi connectivity index (χ0v) is 19.1. The molecule has 3 aliphatic heterocycles. The molecule has 178 valence electrons. The summed E-state index contributed by atoms with van der Waals surface area (Å²) in [6.07, 6.45) is 11.0. The van der Waals surface area contributed by atoms with Crippen LogP contribution in [0.5, 0.6) is 5.75 Å². The zero-order valence-electron chi connectivity index (χ0n) is 19.1. The van der Waals surface area contributed by atoms with E-state index in [-0.39, 0.29) is 30.2 Å². The SMILES string of the molecule is O=C1CCC(N2Cc3cc(O[C@@H]4CCCC[C@@H]4N4CC(n5ccnc5)C4)ccc3C2=O)C(=O)N1. The lowest BCUT2D eigenvalue weighted by atomic mass is 9.88. The molecule has 1 aromatic heterocycles. The van der Waals surface area contributed by atoms with Crippen molar-refractivity contribution in [1.82, 2.24) is 24.7 Å². The summed E-state index contributed by atoms with van der Waals surface area (Å²) in [5, 5.41) is 2.35. The molecule has 1 N–H and O–H groups in total. The van der Waals surface area contributed by atoms with Crippen molar-refractivity contribution in [2.45, 2.75) is 69.3 Å². The van der Waals surface area contributed by atoms with Crippen LogP contribution in [-0.4, -0.2) is 68.3 Å². The summed E-state index contributed by atoms with van der Waals surface area (Å²) in [5.41, 5.74) is 1.49. The molecule has 0 spiro atoms. The average Bonchev–Trinajstić information content (AvgIpc) is 3.42. The van der Waals surface area contributed by atoms with Gasteiger partial charge in [-0.3, -0.25) is 24.6 Å². The van der Waals surface area contributed by atoms with Crippen LogP contribution in [0.1, 0.15) is 60.5 Å². The molecular weight excluding hydrogens is 434 g/mol. The summed E-state index contributed by atoms with van der Waals surface area (Å²) in [6.45, 7) is 2.39. The number of aromatic nitrogens is 2. The highest BCUT2D eigenvalue weighted by Gasteiger charge is 2.41. The third-order valence-electron chi connectivity index (χ3n) is 7.76. The maximum Gasteiger partial charge on any atom is 0.255 e. The van der Waals surface area contributed by atoms with Crippen LogP contribution in [-0.2, 0) is 16.1 Å². The van der Waals surface area contributed by atoms with E-state index in [9.17, 15) is 14.4 Å². The van der Waals surface area contributed by atoms with Crippen LogP contribution in [0.3, 0.4) is 0 Å². The average molecular weight is 464 g/mol. The van der Waals surface area contributed by atoms with E-state index < -0.39 is 6.04 Å². The van der Waals surface area contributed by atoms with E-state index in [1.165, 1.54) is 6.42 Å². The quantitative estimate of drug-likeness (QED) is 0.681. The lowest BCUT2D eigenvalue weighted by molar-refractivity contribution is -0.136. The number of hydrogen-bond acceptors (Lipinski definition) is 6. The van der Waals surface area contributed by atoms with Crippen LogP contribution in [0.25, 0.3) is 0 Å². The third-order valence-corrected chi connectivity index (χ3v) is 7.76. The van der Waals surface area contributed by atoms with Gasteiger partial charge in [-0.2, -0.15) is 0 Å². The maximum absolute atomic E-state index is 12.9. The van der Waals surface area contributed by atoms with E-state index in [2.05, 4.69) is 19.8 Å². The summed E-state index contributed by atoms with van der Waals surface area (Å²) in [6, 6.07) is 5.92. The van der Waals surface area contributed by atoms with Gasteiger partial charge < -0.3 is 14.2 Å². The third kappa shape index (κ3) is 3.77. The van der Waals surface area contributed by atoms with Crippen LogP contribution < -0.4 is 10.1 Å². The standard InChI is InChI=1S/C25H29N5O4/c31-23-8-7-21(24(32)27-23)30-12-16-11-18(5-6-19(16)25(30)33)34-22-4-2-1-3-20(22)29-13-17(14-29)28-10-9-26-15-28/h5-6,9-11,15,17,20-22H,1-4,7-8,12-14H2,(H,27,31,32)/t20-,21?,22+/m0/s1. The highest BCUT2D eigenvalue weighted by atomic mass is 16.5. The largest absolute Gasteiger partial charge is 0.489 e. The van der Waals surface area contributed by atoms with Crippen LogP contribution in [0.4, 0.5) is 0 Å². The lowest BCUT2D eigenvalue weighted by Crippen LogP contribution is -2.58. The van der Waals surface area contributed by atoms with Gasteiger partial charge in [-0.25, -0.2) is 4.98 Å². The molecule has 4 aliphatic rings. The van der Waals surface area contributed by atoms with Crippen molar-refractivity contribution >= 4 is 17.7 Å². The fourth-order valence-electron chi connectivity index (χ4n) is 5.86. The van der Waals surface area contributed by atoms with E-state index in [1.54, 1.807) is 4.90 Å². The van der Waals surface area contributed by atoms with Crippen molar-refractivity contribution in [3.8, 4) is 5.75 Å². The molecule has 1 saturated carbocycles. The molecule has 3 atom stereocenters. The molecule has 2 saturated heterocycles. The van der Waals surface area contributed by atoms with Crippen molar-refractivity contribution in [1.29, 1.82) is 0 Å². The fourth-order valence-corrected chi connectivity index (χ4v) is 5.86. The summed E-state index contributed by atoms with van der Waals surface area (Å²) in [7, 11) is 0. The van der Waals surface area contributed by atoms with Crippen LogP contribution in [0.15, 0.2) is 36.9 Å². The topological polar surface area (TPSA) is 96.8 Å². The van der Waals surface area contributed by atoms with Gasteiger partial charge in [-0.05, 0) is 49.4 Å². The number of carbonyl (C=O) groups is 3. The minimum atomic E-state index is -0.598. The number of nitrogens with one attached hydrogen (secondary N) is 1. The first-order valence-electron chi connectivity index (χ1n) is 12.2. The Morgan fingerprint density at radius 2 is 1.91 bits per heavy atom. The summed E-state index contributed by atoms with van der Waals surface area (Å²) in [4.78, 5) is 45.0. The van der Waals surface area contributed by atoms with E-state index in [0.717, 1.165) is 43.7 Å². The second-order valence-electron chi connectivity index (χ2n) is 9.84. The molecule has 1 aliphatic carbocycles. The Morgan fingerprint density at radius 3 is 2.71 bits per heavy atom. The molecule has 0 radical (unpaired) electrons. The molecular formula is C25H29N5O4. The molecule has 0 bridgehead atoms. The van der Waals surface area contributed by atoms with Crippen LogP contribution in [0.2, 0.25) is 0 Å². The molecule has 9 nitrogen and oxygen atoms in total. The molecule has 2 aromatic rings. The van der Waals surface area contributed by atoms with Crippen LogP contribution in [0, 0.1) is 0 Å². The summed E-state index contributed by atoms with van der Waals surface area (Å²) < 4.78 is 8.69. The minimum absolute atomic E-state index is 0.124. The molecule has 1 unspecified atom stereocenters. The molecule has 3 fully saturated rings. The van der Waals surface area contributed by atoms with E-state index in [0.29, 0.717) is 30.6 Å². The number of imidazole rings is 1. The lowest BCUT2D eigenvalue weighted by Gasteiger charge is -2.48. The summed E-state index contributed by atoms with van der Waals surface area (Å²) >= 11 is 0. The number of hydrogen-bond donors (Lipinski definition) is 1. The number of ether oxygens (including phenoxy) is 1. The van der Waals surface area contributed by atoms with E-state index in [1.807, 2.05) is 36.9 Å². The number of carbonyl (C=O) groups excluding carboxylic acids is 3.